The Morgan fingerprint density at radius 3 is 2.67 bits per heavy atom. The van der Waals surface area contributed by atoms with Crippen LogP contribution >= 0.6 is 0 Å². The number of rotatable bonds is 3. The maximum atomic E-state index is 5.67. The molecule has 2 aliphatic rings. The summed E-state index contributed by atoms with van der Waals surface area (Å²) < 4.78 is 16.5. The van der Waals surface area contributed by atoms with E-state index in [9.17, 15) is 0 Å². The van der Waals surface area contributed by atoms with Crippen molar-refractivity contribution in [1.29, 1.82) is 0 Å². The molecule has 18 heavy (non-hydrogen) atoms. The van der Waals surface area contributed by atoms with Crippen LogP contribution in [-0.2, 0) is 4.74 Å². The fourth-order valence-corrected chi connectivity index (χ4v) is 2.14. The van der Waals surface area contributed by atoms with Gasteiger partial charge in [-0.2, -0.15) is 0 Å². The van der Waals surface area contributed by atoms with Crippen molar-refractivity contribution in [2.24, 2.45) is 5.41 Å². The Balaban J connectivity index is 1.67. The van der Waals surface area contributed by atoms with Crippen molar-refractivity contribution in [3.05, 3.63) is 18.2 Å². The van der Waals surface area contributed by atoms with Crippen molar-refractivity contribution < 1.29 is 14.2 Å². The van der Waals surface area contributed by atoms with Crippen LogP contribution < -0.4 is 14.8 Å². The van der Waals surface area contributed by atoms with Crippen molar-refractivity contribution in [1.82, 2.24) is 0 Å². The Kier molecular flexibility index (Phi) is 3.04. The van der Waals surface area contributed by atoms with Crippen LogP contribution in [0.3, 0.4) is 0 Å². The summed E-state index contributed by atoms with van der Waals surface area (Å²) in [6, 6.07) is 6.03. The van der Waals surface area contributed by atoms with Crippen LogP contribution in [0, 0.1) is 5.41 Å². The van der Waals surface area contributed by atoms with Gasteiger partial charge in [-0.05, 0) is 12.1 Å². The predicted molar refractivity (Wildman–Crippen MR) is 69.5 cm³/mol. The molecule has 3 rings (SSSR count). The van der Waals surface area contributed by atoms with Crippen LogP contribution in [0.4, 0.5) is 5.69 Å². The Hall–Kier alpha value is -1.42. The van der Waals surface area contributed by atoms with E-state index in [4.69, 9.17) is 14.2 Å². The summed E-state index contributed by atoms with van der Waals surface area (Å²) in [6.45, 7) is 6.28. The first-order valence-electron chi connectivity index (χ1n) is 6.47. The number of hydrogen-bond donors (Lipinski definition) is 1. The van der Waals surface area contributed by atoms with Crippen molar-refractivity contribution in [2.45, 2.75) is 13.3 Å². The molecular formula is C14H19NO3. The topological polar surface area (TPSA) is 39.7 Å². The largest absolute Gasteiger partial charge is 0.490 e. The molecule has 98 valence electrons. The third-order valence-electron chi connectivity index (χ3n) is 3.37. The average molecular weight is 249 g/mol. The summed E-state index contributed by atoms with van der Waals surface area (Å²) >= 11 is 0. The summed E-state index contributed by atoms with van der Waals surface area (Å²) in [5, 5.41) is 3.44. The molecule has 0 saturated carbocycles. The Morgan fingerprint density at radius 2 is 1.94 bits per heavy atom. The van der Waals surface area contributed by atoms with Crippen LogP contribution in [0.5, 0.6) is 11.5 Å². The Morgan fingerprint density at radius 1 is 1.17 bits per heavy atom. The zero-order valence-corrected chi connectivity index (χ0v) is 10.7. The van der Waals surface area contributed by atoms with E-state index in [2.05, 4.69) is 12.2 Å². The van der Waals surface area contributed by atoms with E-state index in [1.54, 1.807) is 0 Å². The number of nitrogens with one attached hydrogen (secondary N) is 1. The lowest BCUT2D eigenvalue weighted by molar-refractivity contribution is -0.0924. The standard InChI is InChI=1S/C14H19NO3/c1-14(9-16-10-14)8-15-11-3-4-12-13(7-11)18-6-2-5-17-12/h3-4,7,15H,2,5-6,8-10H2,1H3. The van der Waals surface area contributed by atoms with Gasteiger partial charge in [0.05, 0.1) is 26.4 Å². The molecule has 4 heteroatoms. The highest BCUT2D eigenvalue weighted by molar-refractivity contribution is 5.55. The molecule has 0 amide bonds. The van der Waals surface area contributed by atoms with Gasteiger partial charge >= 0.3 is 0 Å². The molecule has 1 aromatic carbocycles. The number of fused-ring (bicyclic) bond motifs is 1. The van der Waals surface area contributed by atoms with Gasteiger partial charge in [-0.15, -0.1) is 0 Å². The molecule has 0 bridgehead atoms. The van der Waals surface area contributed by atoms with E-state index in [-0.39, 0.29) is 5.41 Å². The third-order valence-corrected chi connectivity index (χ3v) is 3.37. The summed E-state index contributed by atoms with van der Waals surface area (Å²) in [7, 11) is 0. The highest BCUT2D eigenvalue weighted by atomic mass is 16.5. The molecule has 1 saturated heterocycles. The normalized spacial score (nSPS) is 20.7. The monoisotopic (exact) mass is 249 g/mol. The van der Waals surface area contributed by atoms with E-state index in [1.807, 2.05) is 18.2 Å². The van der Waals surface area contributed by atoms with Crippen LogP contribution in [-0.4, -0.2) is 33.0 Å². The second-order valence-electron chi connectivity index (χ2n) is 5.37. The van der Waals surface area contributed by atoms with E-state index in [0.29, 0.717) is 0 Å². The molecule has 4 nitrogen and oxygen atoms in total. The molecule has 0 radical (unpaired) electrons. The molecule has 1 aromatic rings. The lowest BCUT2D eigenvalue weighted by Gasteiger charge is -2.38. The third kappa shape index (κ3) is 2.38. The van der Waals surface area contributed by atoms with E-state index in [1.165, 1.54) is 0 Å². The van der Waals surface area contributed by atoms with Gasteiger partial charge in [-0.25, -0.2) is 0 Å². The first-order valence-corrected chi connectivity index (χ1v) is 6.47. The minimum atomic E-state index is 0.268. The molecule has 2 heterocycles. The van der Waals surface area contributed by atoms with E-state index < -0.39 is 0 Å². The Bertz CT molecular complexity index is 429. The maximum Gasteiger partial charge on any atom is 0.163 e. The lowest BCUT2D eigenvalue weighted by atomic mass is 9.89. The van der Waals surface area contributed by atoms with Gasteiger partial charge in [0.15, 0.2) is 11.5 Å². The molecule has 0 unspecified atom stereocenters. The highest BCUT2D eigenvalue weighted by Crippen LogP contribution is 2.33. The second-order valence-corrected chi connectivity index (χ2v) is 5.37. The summed E-state index contributed by atoms with van der Waals surface area (Å²) in [6.07, 6.45) is 0.937. The van der Waals surface area contributed by atoms with Crippen LogP contribution in [0.1, 0.15) is 13.3 Å². The van der Waals surface area contributed by atoms with Crippen LogP contribution in [0.25, 0.3) is 0 Å². The van der Waals surface area contributed by atoms with Gasteiger partial charge in [0.1, 0.15) is 0 Å². The van der Waals surface area contributed by atoms with Crippen molar-refractivity contribution in [3.8, 4) is 11.5 Å². The second kappa shape index (κ2) is 4.69. The van der Waals surface area contributed by atoms with Gasteiger partial charge in [-0.1, -0.05) is 6.92 Å². The zero-order chi connectivity index (χ0) is 12.4. The first-order chi connectivity index (χ1) is 8.75. The number of hydrogen-bond acceptors (Lipinski definition) is 4. The molecular weight excluding hydrogens is 230 g/mol. The van der Waals surface area contributed by atoms with Crippen LogP contribution in [0.2, 0.25) is 0 Å². The van der Waals surface area contributed by atoms with Gasteiger partial charge in [0.2, 0.25) is 0 Å². The maximum absolute atomic E-state index is 5.67. The SMILES string of the molecule is CC1(CNc2ccc3c(c2)OCCCO3)COC1. The molecule has 1 N–H and O–H groups in total. The molecule has 0 atom stereocenters. The molecule has 0 aromatic heterocycles. The quantitative estimate of drug-likeness (QED) is 0.892. The van der Waals surface area contributed by atoms with E-state index >= 15 is 0 Å². The number of benzene rings is 1. The Labute approximate surface area is 107 Å². The summed E-state index contributed by atoms with van der Waals surface area (Å²) in [5.74, 6) is 1.68. The van der Waals surface area contributed by atoms with Crippen molar-refractivity contribution >= 4 is 5.69 Å². The fourth-order valence-electron chi connectivity index (χ4n) is 2.14. The average Bonchev–Trinajstić information content (AvgIpc) is 2.58. The zero-order valence-electron chi connectivity index (χ0n) is 10.7. The lowest BCUT2D eigenvalue weighted by Crippen LogP contribution is -2.45. The number of ether oxygens (including phenoxy) is 3. The molecule has 2 aliphatic heterocycles. The molecule has 0 spiro atoms. The smallest absolute Gasteiger partial charge is 0.163 e. The molecule has 1 fully saturated rings. The van der Waals surface area contributed by atoms with Gasteiger partial charge in [-0.3, -0.25) is 0 Å². The first kappa shape index (κ1) is 11.7. The molecule has 0 aliphatic carbocycles. The van der Waals surface area contributed by atoms with Crippen molar-refractivity contribution in [3.63, 3.8) is 0 Å². The minimum Gasteiger partial charge on any atom is -0.490 e. The van der Waals surface area contributed by atoms with Gasteiger partial charge in [0, 0.05) is 30.1 Å². The highest BCUT2D eigenvalue weighted by Gasteiger charge is 2.32. The van der Waals surface area contributed by atoms with Crippen molar-refractivity contribution in [2.75, 3.05) is 38.3 Å². The summed E-state index contributed by atoms with van der Waals surface area (Å²) in [4.78, 5) is 0. The summed E-state index contributed by atoms with van der Waals surface area (Å²) in [5.41, 5.74) is 1.34. The van der Waals surface area contributed by atoms with Gasteiger partial charge < -0.3 is 19.5 Å². The van der Waals surface area contributed by atoms with Crippen LogP contribution in [0.15, 0.2) is 18.2 Å². The predicted octanol–water partition coefficient (Wildman–Crippen LogP) is 2.30. The number of anilines is 1. The van der Waals surface area contributed by atoms with Gasteiger partial charge in [0.25, 0.3) is 0 Å². The minimum absolute atomic E-state index is 0.268. The van der Waals surface area contributed by atoms with E-state index in [0.717, 1.165) is 56.6 Å². The fraction of sp³-hybridized carbons (Fsp3) is 0.571.